The number of halogens is 1. The van der Waals surface area contributed by atoms with Crippen molar-refractivity contribution in [2.24, 2.45) is 11.8 Å². The lowest BCUT2D eigenvalue weighted by atomic mass is 9.88. The van der Waals surface area contributed by atoms with Crippen molar-refractivity contribution in [3.8, 4) is 11.3 Å². The number of nitrogens with one attached hydrogen (secondary N) is 1. The summed E-state index contributed by atoms with van der Waals surface area (Å²) >= 11 is 0. The van der Waals surface area contributed by atoms with E-state index in [2.05, 4.69) is 39.1 Å². The second kappa shape index (κ2) is 7.57. The maximum absolute atomic E-state index is 14.7. The van der Waals surface area contributed by atoms with Crippen molar-refractivity contribution in [3.63, 3.8) is 0 Å². The number of pyridine rings is 1. The smallest absolute Gasteiger partial charge is 0.202 e. The van der Waals surface area contributed by atoms with E-state index in [1.165, 1.54) is 0 Å². The summed E-state index contributed by atoms with van der Waals surface area (Å²) in [6, 6.07) is 17.4. The van der Waals surface area contributed by atoms with E-state index < -0.39 is 0 Å². The highest BCUT2D eigenvalue weighted by molar-refractivity contribution is 5.91. The number of H-pyrrole nitrogens is 1. The van der Waals surface area contributed by atoms with Crippen LogP contribution in [0.2, 0.25) is 0 Å². The summed E-state index contributed by atoms with van der Waals surface area (Å²) in [6.45, 7) is 3.94. The van der Waals surface area contributed by atoms with Gasteiger partial charge in [-0.05, 0) is 48.4 Å². The van der Waals surface area contributed by atoms with E-state index in [9.17, 15) is 4.39 Å². The summed E-state index contributed by atoms with van der Waals surface area (Å²) in [4.78, 5) is 16.4. The van der Waals surface area contributed by atoms with E-state index >= 15 is 0 Å². The molecular weight excluding hydrogens is 439 g/mol. The Morgan fingerprint density at radius 1 is 1.09 bits per heavy atom. The minimum absolute atomic E-state index is 0.0682. The molecule has 1 aliphatic heterocycles. The molecule has 1 N–H and O–H groups in total. The average molecular weight is 465 g/mol. The molecule has 0 radical (unpaired) electrons. The molecule has 6 nitrogen and oxygen atoms in total. The Kier molecular flexibility index (Phi) is 4.43. The quantitative estimate of drug-likeness (QED) is 0.380. The molecule has 2 aliphatic rings. The molecule has 3 aromatic heterocycles. The number of aromatic nitrogens is 5. The van der Waals surface area contributed by atoms with Crippen LogP contribution in [0.25, 0.3) is 33.3 Å². The van der Waals surface area contributed by atoms with Gasteiger partial charge in [0.1, 0.15) is 17.2 Å². The lowest BCUT2D eigenvalue weighted by Gasteiger charge is -2.26. The van der Waals surface area contributed by atoms with Gasteiger partial charge < -0.3 is 4.90 Å². The van der Waals surface area contributed by atoms with Crippen LogP contribution in [-0.4, -0.2) is 38.2 Å². The van der Waals surface area contributed by atoms with Gasteiger partial charge in [0.25, 0.3) is 0 Å². The van der Waals surface area contributed by atoms with Gasteiger partial charge in [0, 0.05) is 35.7 Å². The van der Waals surface area contributed by atoms with Gasteiger partial charge in [-0.2, -0.15) is 5.10 Å². The number of rotatable bonds is 4. The van der Waals surface area contributed by atoms with Gasteiger partial charge in [0.15, 0.2) is 0 Å². The van der Waals surface area contributed by atoms with Crippen molar-refractivity contribution >= 4 is 27.9 Å². The lowest BCUT2D eigenvalue weighted by molar-refractivity contribution is 0.516. The third kappa shape index (κ3) is 3.00. The molecule has 0 bridgehead atoms. The molecular formula is C28H25FN6. The highest BCUT2D eigenvalue weighted by Crippen LogP contribution is 2.65. The summed E-state index contributed by atoms with van der Waals surface area (Å²) in [5, 5.41) is 8.69. The van der Waals surface area contributed by atoms with Crippen LogP contribution in [0.1, 0.15) is 25.3 Å². The number of anilines is 1. The summed E-state index contributed by atoms with van der Waals surface area (Å²) in [5.74, 6) is 1.70. The highest BCUT2D eigenvalue weighted by atomic mass is 19.1. The Hall–Kier alpha value is -3.87. The second-order valence-electron chi connectivity index (χ2n) is 9.73. The largest absolute Gasteiger partial charge is 0.355 e. The molecule has 174 valence electrons. The zero-order valence-corrected chi connectivity index (χ0v) is 19.4. The molecule has 0 amide bonds. The first-order valence-electron chi connectivity index (χ1n) is 12.3. The zero-order valence-electron chi connectivity index (χ0n) is 19.4. The zero-order chi connectivity index (χ0) is 23.6. The van der Waals surface area contributed by atoms with Gasteiger partial charge in [0.05, 0.1) is 17.4 Å². The van der Waals surface area contributed by atoms with Gasteiger partial charge in [-0.25, -0.2) is 14.4 Å². The normalized spacial score (nSPS) is 23.5. The molecule has 1 saturated carbocycles. The third-order valence-electron chi connectivity index (χ3n) is 8.26. The maximum atomic E-state index is 14.7. The molecule has 3 atom stereocenters. The maximum Gasteiger partial charge on any atom is 0.202 e. The van der Waals surface area contributed by atoms with Gasteiger partial charge in [-0.1, -0.05) is 43.3 Å². The summed E-state index contributed by atoms with van der Waals surface area (Å²) in [5.41, 5.74) is 4.92. The first-order valence-corrected chi connectivity index (χ1v) is 12.3. The van der Waals surface area contributed by atoms with Gasteiger partial charge in [0.2, 0.25) is 5.65 Å². The van der Waals surface area contributed by atoms with Gasteiger partial charge >= 0.3 is 0 Å². The third-order valence-corrected chi connectivity index (χ3v) is 8.26. The van der Waals surface area contributed by atoms with Crippen molar-refractivity contribution in [1.82, 2.24) is 25.1 Å². The van der Waals surface area contributed by atoms with E-state index in [-0.39, 0.29) is 11.2 Å². The molecule has 0 spiro atoms. The molecule has 2 aromatic carbocycles. The van der Waals surface area contributed by atoms with E-state index in [1.54, 1.807) is 18.3 Å². The summed E-state index contributed by atoms with van der Waals surface area (Å²) in [7, 11) is 0. The molecule has 0 unspecified atom stereocenters. The van der Waals surface area contributed by atoms with Gasteiger partial charge in [-0.3, -0.25) is 10.1 Å². The Morgan fingerprint density at radius 2 is 2.00 bits per heavy atom. The molecule has 2 fully saturated rings. The minimum Gasteiger partial charge on any atom is -0.355 e. The molecule has 7 heteroatoms. The second-order valence-corrected chi connectivity index (χ2v) is 9.73. The molecule has 1 aliphatic carbocycles. The molecule has 1 saturated heterocycles. The summed E-state index contributed by atoms with van der Waals surface area (Å²) < 4.78 is 14.7. The van der Waals surface area contributed by atoms with Crippen molar-refractivity contribution in [2.75, 3.05) is 18.0 Å². The van der Waals surface area contributed by atoms with Crippen LogP contribution < -0.4 is 4.90 Å². The molecule has 5 aromatic rings. The van der Waals surface area contributed by atoms with Crippen LogP contribution in [0.4, 0.5) is 10.2 Å². The molecule has 4 heterocycles. The van der Waals surface area contributed by atoms with E-state index in [4.69, 9.17) is 9.97 Å². The number of hydrogen-bond acceptors (Lipinski definition) is 5. The van der Waals surface area contributed by atoms with Crippen LogP contribution in [0.3, 0.4) is 0 Å². The summed E-state index contributed by atoms with van der Waals surface area (Å²) in [6.07, 6.45) is 5.62. The number of piperidine rings is 1. The predicted octanol–water partition coefficient (Wildman–Crippen LogP) is 5.51. The topological polar surface area (TPSA) is 70.6 Å². The average Bonchev–Trinajstić information content (AvgIpc) is 3.36. The fourth-order valence-electron chi connectivity index (χ4n) is 6.50. The van der Waals surface area contributed by atoms with Crippen LogP contribution in [0, 0.1) is 17.7 Å². The van der Waals surface area contributed by atoms with E-state index in [1.807, 2.05) is 36.5 Å². The van der Waals surface area contributed by atoms with Gasteiger partial charge in [-0.15, -0.1) is 0 Å². The van der Waals surface area contributed by atoms with Crippen molar-refractivity contribution in [3.05, 3.63) is 78.4 Å². The number of benzene rings is 2. The first kappa shape index (κ1) is 20.5. The fourth-order valence-corrected chi connectivity index (χ4v) is 6.50. The number of hydrogen-bond donors (Lipinski definition) is 1. The van der Waals surface area contributed by atoms with Crippen LogP contribution >= 0.6 is 0 Å². The molecule has 7 rings (SSSR count). The van der Waals surface area contributed by atoms with Crippen molar-refractivity contribution < 1.29 is 4.39 Å². The predicted molar refractivity (Wildman–Crippen MR) is 135 cm³/mol. The van der Waals surface area contributed by atoms with Crippen LogP contribution in [0.15, 0.2) is 67.0 Å². The Morgan fingerprint density at radius 3 is 2.89 bits per heavy atom. The van der Waals surface area contributed by atoms with Crippen LogP contribution in [0.5, 0.6) is 0 Å². The minimum atomic E-state index is -0.0792. The number of nitrogens with zero attached hydrogens (tertiary/aromatic N) is 5. The Balaban J connectivity index is 1.18. The van der Waals surface area contributed by atoms with E-state index in [0.717, 1.165) is 65.0 Å². The van der Waals surface area contributed by atoms with Crippen LogP contribution in [-0.2, 0) is 5.41 Å². The van der Waals surface area contributed by atoms with Crippen molar-refractivity contribution in [1.29, 1.82) is 0 Å². The lowest BCUT2D eigenvalue weighted by Crippen LogP contribution is -2.32. The van der Waals surface area contributed by atoms with E-state index in [0.29, 0.717) is 17.5 Å². The van der Waals surface area contributed by atoms with Crippen molar-refractivity contribution in [2.45, 2.75) is 25.2 Å². The molecule has 35 heavy (non-hydrogen) atoms. The number of fused-ring (bicyclic) bond motifs is 3. The number of aromatic amines is 1. The highest BCUT2D eigenvalue weighted by Gasteiger charge is 2.65. The monoisotopic (exact) mass is 464 g/mol. The SMILES string of the molecule is CC[C@]1(c2ccccc2F)[C@@H]2CCN(c3cnc4c(-c5ccc6cccnc6c5)[nH]nc4n3)C[C@@H]21. The Bertz CT molecular complexity index is 1580. The Labute approximate surface area is 202 Å². The fraction of sp³-hybridized carbons (Fsp3) is 0.286. The first-order chi connectivity index (χ1) is 17.2. The standard InChI is InChI=1S/C28H25FN6/c1-2-28(20-7-3-4-8-22(20)29)19-11-13-35(16-21(19)28)24-15-31-26-25(33-34-27(26)32-24)18-10-9-17-6-5-12-30-23(17)14-18/h3-10,12,14-15,19,21H,2,11,13,16H2,1H3,(H,32,33,34)/t19-,21+,28-/m1/s1.